The summed E-state index contributed by atoms with van der Waals surface area (Å²) in [5.74, 6) is 1.27. The number of benzene rings is 2. The lowest BCUT2D eigenvalue weighted by Crippen LogP contribution is -1.96. The monoisotopic (exact) mass is 410 g/mol. The third-order valence-electron chi connectivity index (χ3n) is 4.46. The molecule has 0 N–H and O–H groups in total. The molecule has 0 aliphatic carbocycles. The summed E-state index contributed by atoms with van der Waals surface area (Å²) < 4.78 is 7.62. The van der Waals surface area contributed by atoms with Crippen molar-refractivity contribution >= 4 is 23.4 Å². The maximum Gasteiger partial charge on any atom is 0.226 e. The Bertz CT molecular complexity index is 1140. The van der Waals surface area contributed by atoms with Crippen LogP contribution in [0, 0.1) is 20.8 Å². The molecule has 4 rings (SSSR count). The highest BCUT2D eigenvalue weighted by atomic mass is 35.5. The minimum absolute atomic E-state index is 0.632. The highest BCUT2D eigenvalue weighted by molar-refractivity contribution is 7.98. The summed E-state index contributed by atoms with van der Waals surface area (Å²) >= 11 is 7.81. The van der Waals surface area contributed by atoms with Crippen molar-refractivity contribution < 1.29 is 4.42 Å². The molecule has 4 aromatic rings. The highest BCUT2D eigenvalue weighted by Gasteiger charge is 2.13. The fourth-order valence-electron chi connectivity index (χ4n) is 2.92. The first-order valence-electron chi connectivity index (χ1n) is 8.82. The lowest BCUT2D eigenvalue weighted by atomic mass is 10.1. The lowest BCUT2D eigenvalue weighted by Gasteiger charge is -2.07. The van der Waals surface area contributed by atoms with Crippen LogP contribution >= 0.6 is 23.4 Å². The quantitative estimate of drug-likeness (QED) is 0.389. The van der Waals surface area contributed by atoms with E-state index in [1.54, 1.807) is 24.4 Å². The van der Waals surface area contributed by atoms with E-state index in [-0.39, 0.29) is 0 Å². The fraction of sp³-hybridized carbons (Fsp3) is 0.190. The van der Waals surface area contributed by atoms with Crippen LogP contribution in [0.15, 0.2) is 58.6 Å². The number of aryl methyl sites for hydroxylation is 3. The van der Waals surface area contributed by atoms with Crippen molar-refractivity contribution in [3.63, 3.8) is 0 Å². The third kappa shape index (κ3) is 3.84. The Balaban J connectivity index is 1.51. The summed E-state index contributed by atoms with van der Waals surface area (Å²) in [5.41, 5.74) is 6.21. The van der Waals surface area contributed by atoms with Gasteiger partial charge in [0.1, 0.15) is 12.6 Å². The van der Waals surface area contributed by atoms with Gasteiger partial charge in [-0.15, -0.1) is 10.2 Å². The minimum Gasteiger partial charge on any atom is -0.444 e. The number of halogens is 1. The summed E-state index contributed by atoms with van der Waals surface area (Å²) in [6.45, 7) is 6.12. The van der Waals surface area contributed by atoms with Gasteiger partial charge in [0.05, 0.1) is 11.4 Å². The van der Waals surface area contributed by atoms with E-state index in [0.717, 1.165) is 38.3 Å². The van der Waals surface area contributed by atoms with Crippen LogP contribution in [-0.2, 0) is 5.75 Å². The number of rotatable bonds is 5. The van der Waals surface area contributed by atoms with E-state index in [1.165, 1.54) is 5.56 Å². The Morgan fingerprint density at radius 3 is 2.71 bits per heavy atom. The zero-order valence-electron chi connectivity index (χ0n) is 15.8. The van der Waals surface area contributed by atoms with E-state index in [4.69, 9.17) is 16.0 Å². The molecule has 2 aromatic heterocycles. The Labute approximate surface area is 172 Å². The molecule has 0 aliphatic heterocycles. The second-order valence-corrected chi connectivity index (χ2v) is 8.02. The number of aromatic nitrogens is 4. The van der Waals surface area contributed by atoms with Crippen molar-refractivity contribution in [1.82, 2.24) is 19.7 Å². The van der Waals surface area contributed by atoms with Gasteiger partial charge in [0.15, 0.2) is 5.16 Å². The van der Waals surface area contributed by atoms with Crippen LogP contribution in [0.25, 0.3) is 17.1 Å². The molecule has 2 aromatic carbocycles. The van der Waals surface area contributed by atoms with Crippen molar-refractivity contribution in [1.29, 1.82) is 0 Å². The van der Waals surface area contributed by atoms with Gasteiger partial charge in [-0.2, -0.15) is 0 Å². The molecule has 0 saturated heterocycles. The van der Waals surface area contributed by atoms with Crippen LogP contribution in [0.1, 0.15) is 22.4 Å². The average molecular weight is 411 g/mol. The predicted octanol–water partition coefficient (Wildman–Crippen LogP) is 5.79. The molecule has 2 heterocycles. The Morgan fingerprint density at radius 2 is 1.93 bits per heavy atom. The van der Waals surface area contributed by atoms with Gasteiger partial charge in [0.25, 0.3) is 0 Å². The molecule has 0 atom stereocenters. The van der Waals surface area contributed by atoms with Gasteiger partial charge in [0.2, 0.25) is 5.89 Å². The number of nitrogens with zero attached hydrogens (tertiary/aromatic N) is 4. The van der Waals surface area contributed by atoms with Crippen LogP contribution < -0.4 is 0 Å². The largest absolute Gasteiger partial charge is 0.444 e. The first kappa shape index (κ1) is 18.8. The molecule has 0 radical (unpaired) electrons. The lowest BCUT2D eigenvalue weighted by molar-refractivity contribution is 0.573. The molecule has 7 heteroatoms. The maximum absolute atomic E-state index is 6.26. The highest BCUT2D eigenvalue weighted by Crippen LogP contribution is 2.28. The summed E-state index contributed by atoms with van der Waals surface area (Å²) in [6.07, 6.45) is 3.39. The van der Waals surface area contributed by atoms with E-state index in [9.17, 15) is 0 Å². The predicted molar refractivity (Wildman–Crippen MR) is 112 cm³/mol. The van der Waals surface area contributed by atoms with E-state index in [0.29, 0.717) is 11.6 Å². The first-order chi connectivity index (χ1) is 13.5. The first-order valence-corrected chi connectivity index (χ1v) is 10.2. The van der Waals surface area contributed by atoms with Crippen molar-refractivity contribution in [3.8, 4) is 17.1 Å². The van der Waals surface area contributed by atoms with Crippen LogP contribution in [0.4, 0.5) is 0 Å². The molecule has 142 valence electrons. The zero-order chi connectivity index (χ0) is 19.7. The maximum atomic E-state index is 6.26. The average Bonchev–Trinajstić information content (AvgIpc) is 3.31. The van der Waals surface area contributed by atoms with Crippen molar-refractivity contribution in [3.05, 3.63) is 76.4 Å². The van der Waals surface area contributed by atoms with Gasteiger partial charge >= 0.3 is 0 Å². The molecule has 28 heavy (non-hydrogen) atoms. The van der Waals surface area contributed by atoms with Crippen LogP contribution in [-0.4, -0.2) is 19.7 Å². The fourth-order valence-corrected chi connectivity index (χ4v) is 3.90. The van der Waals surface area contributed by atoms with Gasteiger partial charge in [-0.1, -0.05) is 47.1 Å². The summed E-state index contributed by atoms with van der Waals surface area (Å²) in [6, 6.07) is 12.1. The van der Waals surface area contributed by atoms with E-state index in [1.807, 2.05) is 35.8 Å². The Kier molecular flexibility index (Phi) is 5.24. The molecule has 0 amide bonds. The van der Waals surface area contributed by atoms with Crippen LogP contribution in [0.3, 0.4) is 0 Å². The molecular weight excluding hydrogens is 392 g/mol. The summed E-state index contributed by atoms with van der Waals surface area (Å²) in [4.78, 5) is 4.63. The molecule has 0 saturated carbocycles. The number of thioether (sulfide) groups is 1. The van der Waals surface area contributed by atoms with E-state index in [2.05, 4.69) is 41.2 Å². The second kappa shape index (κ2) is 7.81. The van der Waals surface area contributed by atoms with E-state index < -0.39 is 0 Å². The van der Waals surface area contributed by atoms with Gasteiger partial charge < -0.3 is 4.42 Å². The molecular formula is C21H19ClN4OS. The normalized spacial score (nSPS) is 11.1. The third-order valence-corrected chi connectivity index (χ3v) is 5.85. The Morgan fingerprint density at radius 1 is 1.07 bits per heavy atom. The van der Waals surface area contributed by atoms with Crippen molar-refractivity contribution in [2.24, 2.45) is 0 Å². The van der Waals surface area contributed by atoms with Crippen molar-refractivity contribution in [2.45, 2.75) is 31.7 Å². The molecule has 0 unspecified atom stereocenters. The summed E-state index contributed by atoms with van der Waals surface area (Å²) in [5, 5.41) is 9.76. The smallest absolute Gasteiger partial charge is 0.226 e. The number of hydrogen-bond donors (Lipinski definition) is 0. The van der Waals surface area contributed by atoms with E-state index >= 15 is 0 Å². The standard InChI is InChI=1S/C21H19ClN4OS/c1-13-4-7-18(15(3)8-13)20-24-16(10-27-20)11-28-21-25-23-12-26(21)17-6-5-14(2)19(22)9-17/h4-10,12H,11H2,1-3H3. The van der Waals surface area contributed by atoms with Crippen LogP contribution in [0.5, 0.6) is 0 Å². The number of oxazole rings is 1. The van der Waals surface area contributed by atoms with Gasteiger partial charge in [-0.25, -0.2) is 4.98 Å². The van der Waals surface area contributed by atoms with Gasteiger partial charge in [-0.3, -0.25) is 4.57 Å². The molecule has 0 spiro atoms. The SMILES string of the molecule is Cc1ccc(-c2nc(CSc3nncn3-c3ccc(C)c(Cl)c3)co2)c(C)c1. The molecule has 0 fully saturated rings. The topological polar surface area (TPSA) is 56.7 Å². The van der Waals surface area contributed by atoms with Crippen molar-refractivity contribution in [2.75, 3.05) is 0 Å². The van der Waals surface area contributed by atoms with Crippen LogP contribution in [0.2, 0.25) is 5.02 Å². The number of hydrogen-bond acceptors (Lipinski definition) is 5. The second-order valence-electron chi connectivity index (χ2n) is 6.67. The Hall–Kier alpha value is -2.57. The molecule has 0 aliphatic rings. The zero-order valence-corrected chi connectivity index (χ0v) is 17.4. The minimum atomic E-state index is 0.632. The summed E-state index contributed by atoms with van der Waals surface area (Å²) in [7, 11) is 0. The molecule has 5 nitrogen and oxygen atoms in total. The van der Waals surface area contributed by atoms with Gasteiger partial charge in [-0.05, 0) is 50.1 Å². The van der Waals surface area contributed by atoms with Gasteiger partial charge in [0, 0.05) is 16.3 Å². The molecule has 0 bridgehead atoms.